The molecule has 1 heterocycles. The number of piperazine rings is 1. The van der Waals surface area contributed by atoms with E-state index in [1.54, 1.807) is 0 Å². The lowest BCUT2D eigenvalue weighted by molar-refractivity contribution is 0.0742. The highest BCUT2D eigenvalue weighted by Gasteiger charge is 2.25. The second-order valence-corrected chi connectivity index (χ2v) is 7.77. The monoisotopic (exact) mass is 400 g/mol. The number of rotatable bonds is 5. The molecule has 0 N–H and O–H groups in total. The number of benzene rings is 3. The van der Waals surface area contributed by atoms with Crippen LogP contribution in [0.25, 0.3) is 0 Å². The van der Waals surface area contributed by atoms with Gasteiger partial charge in [-0.1, -0.05) is 54.6 Å². The molecule has 4 nitrogen and oxygen atoms in total. The largest absolute Gasteiger partial charge is 0.488 e. The lowest BCUT2D eigenvalue weighted by Crippen LogP contribution is -2.49. The Labute approximate surface area is 178 Å². The van der Waals surface area contributed by atoms with Crippen molar-refractivity contribution in [1.29, 1.82) is 0 Å². The lowest BCUT2D eigenvalue weighted by atomic mass is 10.1. The molecule has 0 bridgehead atoms. The van der Waals surface area contributed by atoms with E-state index in [9.17, 15) is 4.79 Å². The molecule has 1 aliphatic heterocycles. The maximum Gasteiger partial charge on any atom is 0.257 e. The van der Waals surface area contributed by atoms with E-state index in [0.717, 1.165) is 18.7 Å². The molecule has 0 saturated carbocycles. The number of para-hydroxylation sites is 1. The molecule has 3 aromatic rings. The van der Waals surface area contributed by atoms with Crippen LogP contribution < -0.4 is 9.64 Å². The van der Waals surface area contributed by atoms with Crippen molar-refractivity contribution in [3.05, 3.63) is 95.1 Å². The predicted molar refractivity (Wildman–Crippen MR) is 121 cm³/mol. The van der Waals surface area contributed by atoms with Crippen LogP contribution in [0.1, 0.15) is 27.0 Å². The number of ether oxygens (including phenoxy) is 1. The number of hydrogen-bond acceptors (Lipinski definition) is 3. The van der Waals surface area contributed by atoms with Crippen LogP contribution >= 0.6 is 0 Å². The molecule has 4 rings (SSSR count). The number of anilines is 1. The van der Waals surface area contributed by atoms with E-state index in [2.05, 4.69) is 36.9 Å². The SMILES string of the molecule is Cc1cccc(N2CCN(C(=O)c3ccccc3OCc3ccccc3)CC2)c1C. The van der Waals surface area contributed by atoms with Gasteiger partial charge in [-0.2, -0.15) is 0 Å². The highest BCUT2D eigenvalue weighted by molar-refractivity contribution is 5.97. The van der Waals surface area contributed by atoms with Crippen LogP contribution in [0.5, 0.6) is 5.75 Å². The van der Waals surface area contributed by atoms with E-state index in [0.29, 0.717) is 31.0 Å². The second kappa shape index (κ2) is 9.04. The molecule has 1 amide bonds. The van der Waals surface area contributed by atoms with Crippen LogP contribution in [0.3, 0.4) is 0 Å². The van der Waals surface area contributed by atoms with Gasteiger partial charge in [0.25, 0.3) is 5.91 Å². The highest BCUT2D eigenvalue weighted by atomic mass is 16.5. The Kier molecular flexibility index (Phi) is 6.03. The Morgan fingerprint density at radius 1 is 0.833 bits per heavy atom. The van der Waals surface area contributed by atoms with Crippen molar-refractivity contribution in [1.82, 2.24) is 4.90 Å². The Bertz CT molecular complexity index is 1010. The van der Waals surface area contributed by atoms with Gasteiger partial charge in [0.05, 0.1) is 5.56 Å². The van der Waals surface area contributed by atoms with Crippen LogP contribution in [0, 0.1) is 13.8 Å². The molecule has 154 valence electrons. The van der Waals surface area contributed by atoms with Crippen molar-refractivity contribution < 1.29 is 9.53 Å². The predicted octanol–water partition coefficient (Wildman–Crippen LogP) is 4.84. The van der Waals surface area contributed by atoms with Gasteiger partial charge < -0.3 is 14.5 Å². The molecule has 0 aliphatic carbocycles. The third-order valence-electron chi connectivity index (χ3n) is 5.84. The summed E-state index contributed by atoms with van der Waals surface area (Å²) in [6, 6.07) is 24.0. The minimum absolute atomic E-state index is 0.0410. The summed E-state index contributed by atoms with van der Waals surface area (Å²) in [5, 5.41) is 0. The van der Waals surface area contributed by atoms with Crippen molar-refractivity contribution in [2.45, 2.75) is 20.5 Å². The van der Waals surface area contributed by atoms with E-state index < -0.39 is 0 Å². The molecule has 0 radical (unpaired) electrons. The minimum atomic E-state index is 0.0410. The quantitative estimate of drug-likeness (QED) is 0.614. The molecule has 0 atom stereocenters. The summed E-state index contributed by atoms with van der Waals surface area (Å²) in [5.41, 5.74) is 5.61. The molecule has 1 saturated heterocycles. The molecule has 1 aliphatic rings. The molecule has 0 aromatic heterocycles. The van der Waals surface area contributed by atoms with E-state index >= 15 is 0 Å². The first kappa shape index (κ1) is 20.0. The standard InChI is InChI=1S/C26H28N2O2/c1-20-9-8-13-24(21(20)2)27-15-17-28(18-16-27)26(29)23-12-6-7-14-25(23)30-19-22-10-4-3-5-11-22/h3-14H,15-19H2,1-2H3. The number of aryl methyl sites for hydroxylation is 1. The third-order valence-corrected chi connectivity index (χ3v) is 5.84. The summed E-state index contributed by atoms with van der Waals surface area (Å²) in [4.78, 5) is 17.5. The number of carbonyl (C=O) groups is 1. The number of carbonyl (C=O) groups excluding carboxylic acids is 1. The lowest BCUT2D eigenvalue weighted by Gasteiger charge is -2.37. The van der Waals surface area contributed by atoms with Gasteiger partial charge in [-0.05, 0) is 48.7 Å². The summed E-state index contributed by atoms with van der Waals surface area (Å²) in [6.45, 7) is 7.85. The van der Waals surface area contributed by atoms with E-state index in [1.807, 2.05) is 59.5 Å². The van der Waals surface area contributed by atoms with Gasteiger partial charge in [0.2, 0.25) is 0 Å². The first-order valence-corrected chi connectivity index (χ1v) is 10.5. The Morgan fingerprint density at radius 2 is 1.53 bits per heavy atom. The number of hydrogen-bond donors (Lipinski definition) is 0. The summed E-state index contributed by atoms with van der Waals surface area (Å²) in [7, 11) is 0. The zero-order chi connectivity index (χ0) is 20.9. The van der Waals surface area contributed by atoms with Crippen molar-refractivity contribution in [3.63, 3.8) is 0 Å². The van der Waals surface area contributed by atoms with E-state index in [1.165, 1.54) is 16.8 Å². The van der Waals surface area contributed by atoms with E-state index in [4.69, 9.17) is 4.74 Å². The van der Waals surface area contributed by atoms with Crippen molar-refractivity contribution >= 4 is 11.6 Å². The van der Waals surface area contributed by atoms with Crippen molar-refractivity contribution in [2.75, 3.05) is 31.1 Å². The molecule has 4 heteroatoms. The fourth-order valence-corrected chi connectivity index (χ4v) is 3.90. The first-order valence-electron chi connectivity index (χ1n) is 10.5. The summed E-state index contributed by atoms with van der Waals surface area (Å²) in [6.07, 6.45) is 0. The molecular weight excluding hydrogens is 372 g/mol. The Hall–Kier alpha value is -3.27. The fourth-order valence-electron chi connectivity index (χ4n) is 3.90. The van der Waals surface area contributed by atoms with Crippen LogP contribution in [-0.2, 0) is 6.61 Å². The average Bonchev–Trinajstić information content (AvgIpc) is 2.80. The average molecular weight is 401 g/mol. The fraction of sp³-hybridized carbons (Fsp3) is 0.269. The van der Waals surface area contributed by atoms with E-state index in [-0.39, 0.29) is 5.91 Å². The van der Waals surface area contributed by atoms with Gasteiger partial charge in [0, 0.05) is 31.9 Å². The van der Waals surface area contributed by atoms with Crippen LogP contribution in [0.15, 0.2) is 72.8 Å². The zero-order valence-electron chi connectivity index (χ0n) is 17.7. The topological polar surface area (TPSA) is 32.8 Å². The highest BCUT2D eigenvalue weighted by Crippen LogP contribution is 2.26. The first-order chi connectivity index (χ1) is 14.6. The number of nitrogens with zero attached hydrogens (tertiary/aromatic N) is 2. The summed E-state index contributed by atoms with van der Waals surface area (Å²) in [5.74, 6) is 0.683. The molecular formula is C26H28N2O2. The minimum Gasteiger partial charge on any atom is -0.488 e. The molecule has 0 spiro atoms. The third kappa shape index (κ3) is 4.33. The van der Waals surface area contributed by atoms with Gasteiger partial charge in [-0.3, -0.25) is 4.79 Å². The van der Waals surface area contributed by atoms with Crippen LogP contribution in [-0.4, -0.2) is 37.0 Å². The molecule has 1 fully saturated rings. The summed E-state index contributed by atoms with van der Waals surface area (Å²) < 4.78 is 6.00. The van der Waals surface area contributed by atoms with Crippen LogP contribution in [0.2, 0.25) is 0 Å². The number of amides is 1. The Balaban J connectivity index is 1.42. The maximum absolute atomic E-state index is 13.2. The summed E-state index contributed by atoms with van der Waals surface area (Å²) >= 11 is 0. The smallest absolute Gasteiger partial charge is 0.257 e. The Morgan fingerprint density at radius 3 is 2.30 bits per heavy atom. The van der Waals surface area contributed by atoms with Gasteiger partial charge in [-0.15, -0.1) is 0 Å². The maximum atomic E-state index is 13.2. The molecule has 3 aromatic carbocycles. The second-order valence-electron chi connectivity index (χ2n) is 7.77. The normalized spacial score (nSPS) is 13.9. The zero-order valence-corrected chi connectivity index (χ0v) is 17.7. The van der Waals surface area contributed by atoms with Crippen LogP contribution in [0.4, 0.5) is 5.69 Å². The van der Waals surface area contributed by atoms with Gasteiger partial charge in [-0.25, -0.2) is 0 Å². The van der Waals surface area contributed by atoms with Crippen molar-refractivity contribution in [3.8, 4) is 5.75 Å². The van der Waals surface area contributed by atoms with Crippen molar-refractivity contribution in [2.24, 2.45) is 0 Å². The molecule has 0 unspecified atom stereocenters. The molecule has 30 heavy (non-hydrogen) atoms. The van der Waals surface area contributed by atoms with Gasteiger partial charge in [0.1, 0.15) is 12.4 Å². The van der Waals surface area contributed by atoms with Gasteiger partial charge in [0.15, 0.2) is 0 Å². The van der Waals surface area contributed by atoms with Gasteiger partial charge >= 0.3 is 0 Å².